The maximum Gasteiger partial charge on any atom is 0.257 e. The number of hydrogen-bond acceptors (Lipinski definition) is 4. The fourth-order valence-electron chi connectivity index (χ4n) is 3.46. The standard InChI is InChI=1S/C26H19N5O2/c32-25(18-9-5-2-6-10-18)28-19-11-13-20(14-12-19)29-26(33)21-15-16-27-24-22(21)30-23(31-24)17-7-3-1-4-8-17/h1-16H,(H,28,32)(H,29,33)(H,27,30,31). The van der Waals surface area contributed by atoms with Crippen molar-refractivity contribution in [2.45, 2.75) is 0 Å². The predicted molar refractivity (Wildman–Crippen MR) is 128 cm³/mol. The monoisotopic (exact) mass is 433 g/mol. The number of hydrogen-bond donors (Lipinski definition) is 3. The molecule has 0 saturated carbocycles. The summed E-state index contributed by atoms with van der Waals surface area (Å²) in [5.41, 5.74) is 4.21. The number of pyridine rings is 1. The van der Waals surface area contributed by atoms with Crippen LogP contribution in [-0.4, -0.2) is 26.8 Å². The summed E-state index contributed by atoms with van der Waals surface area (Å²) in [6.07, 6.45) is 1.56. The maximum absolute atomic E-state index is 13.0. The van der Waals surface area contributed by atoms with Crippen molar-refractivity contribution in [2.75, 3.05) is 10.6 Å². The third-order valence-corrected chi connectivity index (χ3v) is 5.12. The molecule has 3 aromatic carbocycles. The second kappa shape index (κ2) is 8.76. The minimum absolute atomic E-state index is 0.194. The highest BCUT2D eigenvalue weighted by Gasteiger charge is 2.15. The maximum atomic E-state index is 13.0. The number of aromatic nitrogens is 3. The Morgan fingerprint density at radius 2 is 1.30 bits per heavy atom. The largest absolute Gasteiger partial charge is 0.336 e. The number of carbonyl (C=O) groups is 2. The van der Waals surface area contributed by atoms with E-state index in [1.807, 2.05) is 48.5 Å². The Morgan fingerprint density at radius 1 is 0.697 bits per heavy atom. The number of fused-ring (bicyclic) bond motifs is 1. The van der Waals surface area contributed by atoms with Crippen molar-refractivity contribution < 1.29 is 9.59 Å². The Labute approximate surface area is 189 Å². The molecule has 5 rings (SSSR count). The molecule has 2 heterocycles. The van der Waals surface area contributed by atoms with Gasteiger partial charge in [0.2, 0.25) is 0 Å². The van der Waals surface area contributed by atoms with Gasteiger partial charge in [-0.1, -0.05) is 48.5 Å². The van der Waals surface area contributed by atoms with Gasteiger partial charge in [-0.15, -0.1) is 0 Å². The normalized spacial score (nSPS) is 10.7. The lowest BCUT2D eigenvalue weighted by molar-refractivity contribution is 0.101. The van der Waals surface area contributed by atoms with E-state index in [-0.39, 0.29) is 11.8 Å². The van der Waals surface area contributed by atoms with Crippen LogP contribution >= 0.6 is 0 Å². The molecule has 5 aromatic rings. The summed E-state index contributed by atoms with van der Waals surface area (Å²) < 4.78 is 0. The quantitative estimate of drug-likeness (QED) is 0.358. The van der Waals surface area contributed by atoms with Crippen molar-refractivity contribution in [3.05, 3.63) is 108 Å². The molecule has 33 heavy (non-hydrogen) atoms. The number of carbonyl (C=O) groups excluding carboxylic acids is 2. The van der Waals surface area contributed by atoms with Gasteiger partial charge >= 0.3 is 0 Å². The van der Waals surface area contributed by atoms with Crippen molar-refractivity contribution in [1.29, 1.82) is 0 Å². The summed E-state index contributed by atoms with van der Waals surface area (Å²) >= 11 is 0. The Balaban J connectivity index is 1.32. The first kappa shape index (κ1) is 20.1. The molecule has 0 unspecified atom stereocenters. The molecular formula is C26H19N5O2. The van der Waals surface area contributed by atoms with Crippen LogP contribution in [0.3, 0.4) is 0 Å². The van der Waals surface area contributed by atoms with Gasteiger partial charge in [-0.2, -0.15) is 0 Å². The zero-order valence-corrected chi connectivity index (χ0v) is 17.4. The molecule has 2 amide bonds. The minimum atomic E-state index is -0.285. The van der Waals surface area contributed by atoms with Crippen LogP contribution in [0.15, 0.2) is 97.2 Å². The van der Waals surface area contributed by atoms with Crippen LogP contribution in [-0.2, 0) is 0 Å². The Bertz CT molecular complexity index is 1430. The number of nitrogens with one attached hydrogen (secondary N) is 3. The Kier molecular flexibility index (Phi) is 5.35. The molecule has 0 aliphatic carbocycles. The van der Waals surface area contributed by atoms with Crippen molar-refractivity contribution in [2.24, 2.45) is 0 Å². The molecule has 0 radical (unpaired) electrons. The second-order valence-electron chi connectivity index (χ2n) is 7.36. The number of H-pyrrole nitrogens is 1. The first-order valence-corrected chi connectivity index (χ1v) is 10.4. The molecule has 0 fully saturated rings. The van der Waals surface area contributed by atoms with Crippen LogP contribution in [0.1, 0.15) is 20.7 Å². The summed E-state index contributed by atoms with van der Waals surface area (Å²) in [4.78, 5) is 37.3. The van der Waals surface area contributed by atoms with Crippen molar-refractivity contribution in [3.8, 4) is 11.4 Å². The lowest BCUT2D eigenvalue weighted by Gasteiger charge is -2.08. The summed E-state index contributed by atoms with van der Waals surface area (Å²) in [7, 11) is 0. The highest BCUT2D eigenvalue weighted by molar-refractivity contribution is 6.11. The lowest BCUT2D eigenvalue weighted by atomic mass is 10.2. The average Bonchev–Trinajstić information content (AvgIpc) is 3.31. The van der Waals surface area contributed by atoms with Crippen LogP contribution < -0.4 is 10.6 Å². The third-order valence-electron chi connectivity index (χ3n) is 5.12. The van der Waals surface area contributed by atoms with Gasteiger partial charge in [-0.25, -0.2) is 9.97 Å². The van der Waals surface area contributed by atoms with Crippen LogP contribution in [0.5, 0.6) is 0 Å². The Hall–Kier alpha value is -4.78. The van der Waals surface area contributed by atoms with Gasteiger partial charge in [-0.05, 0) is 42.5 Å². The highest BCUT2D eigenvalue weighted by Crippen LogP contribution is 2.22. The van der Waals surface area contributed by atoms with Gasteiger partial charge in [0, 0.05) is 28.7 Å². The molecule has 0 aliphatic heterocycles. The van der Waals surface area contributed by atoms with Crippen LogP contribution in [0.2, 0.25) is 0 Å². The smallest absolute Gasteiger partial charge is 0.257 e. The number of amides is 2. The molecule has 0 aliphatic rings. The van der Waals surface area contributed by atoms with Gasteiger partial charge in [0.15, 0.2) is 5.65 Å². The summed E-state index contributed by atoms with van der Waals surface area (Å²) in [5.74, 6) is 0.170. The van der Waals surface area contributed by atoms with Crippen LogP contribution in [0.4, 0.5) is 11.4 Å². The van der Waals surface area contributed by atoms with E-state index in [0.29, 0.717) is 39.5 Å². The van der Waals surface area contributed by atoms with Crippen molar-refractivity contribution in [1.82, 2.24) is 15.0 Å². The van der Waals surface area contributed by atoms with E-state index < -0.39 is 0 Å². The van der Waals surface area contributed by atoms with Crippen molar-refractivity contribution in [3.63, 3.8) is 0 Å². The van der Waals surface area contributed by atoms with E-state index in [0.717, 1.165) is 5.56 Å². The fraction of sp³-hybridized carbons (Fsp3) is 0. The van der Waals surface area contributed by atoms with Gasteiger partial charge in [0.25, 0.3) is 11.8 Å². The third kappa shape index (κ3) is 4.33. The molecule has 0 spiro atoms. The van der Waals surface area contributed by atoms with Gasteiger partial charge in [-0.3, -0.25) is 9.59 Å². The van der Waals surface area contributed by atoms with E-state index in [2.05, 4.69) is 25.6 Å². The molecule has 0 bridgehead atoms. The number of imidazole rings is 1. The first-order chi connectivity index (χ1) is 16.2. The molecular weight excluding hydrogens is 414 g/mol. The summed E-state index contributed by atoms with van der Waals surface area (Å²) in [6.45, 7) is 0. The molecule has 3 N–H and O–H groups in total. The summed E-state index contributed by atoms with van der Waals surface area (Å²) in [5, 5.41) is 5.72. The number of aromatic amines is 1. The van der Waals surface area contributed by atoms with E-state index in [1.54, 1.807) is 48.7 Å². The predicted octanol–water partition coefficient (Wildman–Crippen LogP) is 5.13. The molecule has 2 aromatic heterocycles. The van der Waals surface area contributed by atoms with E-state index in [1.165, 1.54) is 0 Å². The average molecular weight is 433 g/mol. The molecule has 7 heteroatoms. The first-order valence-electron chi connectivity index (χ1n) is 10.4. The van der Waals surface area contributed by atoms with E-state index in [4.69, 9.17) is 0 Å². The number of benzene rings is 3. The SMILES string of the molecule is O=C(Nc1ccc(NC(=O)c2ccnc3nc(-c4ccccc4)[nH]c23)cc1)c1ccccc1. The zero-order valence-electron chi connectivity index (χ0n) is 17.4. The minimum Gasteiger partial charge on any atom is -0.336 e. The van der Waals surface area contributed by atoms with Crippen LogP contribution in [0, 0.1) is 0 Å². The lowest BCUT2D eigenvalue weighted by Crippen LogP contribution is -2.13. The Morgan fingerprint density at radius 3 is 1.97 bits per heavy atom. The summed E-state index contributed by atoms with van der Waals surface area (Å²) in [6, 6.07) is 27.2. The van der Waals surface area contributed by atoms with Gasteiger partial charge < -0.3 is 15.6 Å². The molecule has 7 nitrogen and oxygen atoms in total. The molecule has 160 valence electrons. The zero-order chi connectivity index (χ0) is 22.6. The van der Waals surface area contributed by atoms with Gasteiger partial charge in [0.05, 0.1) is 11.1 Å². The number of anilines is 2. The van der Waals surface area contributed by atoms with E-state index >= 15 is 0 Å². The topological polar surface area (TPSA) is 99.8 Å². The fourth-order valence-corrected chi connectivity index (χ4v) is 3.46. The van der Waals surface area contributed by atoms with Crippen molar-refractivity contribution >= 4 is 34.4 Å². The highest BCUT2D eigenvalue weighted by atomic mass is 16.2. The van der Waals surface area contributed by atoms with E-state index in [9.17, 15) is 9.59 Å². The molecule has 0 saturated heterocycles. The molecule has 0 atom stereocenters. The van der Waals surface area contributed by atoms with Gasteiger partial charge in [0.1, 0.15) is 5.82 Å². The number of nitrogens with zero attached hydrogens (tertiary/aromatic N) is 2. The second-order valence-corrected chi connectivity index (χ2v) is 7.36. The van der Waals surface area contributed by atoms with Crippen LogP contribution in [0.25, 0.3) is 22.6 Å². The number of rotatable bonds is 5.